The standard InChI is InChI=1S/C44H77O8P/c1-3-5-7-9-11-13-15-17-18-19-20-21-22-23-24-25-27-28-30-32-34-36-38-43(45)50-40-42(41-51-53(47,48)49)52-44(46)39-37-35-33-31-29-26-16-14-12-10-8-6-4-2/h11,13,17-18,20-21,26,29,33,35,42H,3-10,12,14-16,19,22-25,27-28,30-32,34,36-41H2,1-2H3,(H2,47,48,49)/b13-11+,18-17+,21-20+,29-26+,35-33+. The molecule has 0 aliphatic carbocycles. The Balaban J connectivity index is 3.95. The maximum Gasteiger partial charge on any atom is 0.469 e. The number of hydrogen-bond acceptors (Lipinski definition) is 6. The lowest BCUT2D eigenvalue weighted by molar-refractivity contribution is -0.161. The highest BCUT2D eigenvalue weighted by molar-refractivity contribution is 7.46. The summed E-state index contributed by atoms with van der Waals surface area (Å²) >= 11 is 0. The Labute approximate surface area is 324 Å². The summed E-state index contributed by atoms with van der Waals surface area (Å²) < 4.78 is 26.3. The van der Waals surface area contributed by atoms with Crippen molar-refractivity contribution in [1.29, 1.82) is 0 Å². The molecule has 0 bridgehead atoms. The number of carbonyl (C=O) groups excluding carboxylic acids is 2. The molecule has 0 fully saturated rings. The summed E-state index contributed by atoms with van der Waals surface area (Å²) in [5, 5.41) is 0. The van der Waals surface area contributed by atoms with Gasteiger partial charge in [-0.1, -0.05) is 164 Å². The van der Waals surface area contributed by atoms with Crippen molar-refractivity contribution in [3.05, 3.63) is 60.8 Å². The van der Waals surface area contributed by atoms with Gasteiger partial charge < -0.3 is 19.3 Å². The average molecular weight is 765 g/mol. The van der Waals surface area contributed by atoms with Gasteiger partial charge in [0.15, 0.2) is 6.10 Å². The summed E-state index contributed by atoms with van der Waals surface area (Å²) in [4.78, 5) is 42.8. The van der Waals surface area contributed by atoms with E-state index < -0.39 is 32.5 Å². The van der Waals surface area contributed by atoms with Crippen LogP contribution in [0.4, 0.5) is 0 Å². The Morgan fingerprint density at radius 1 is 0.491 bits per heavy atom. The lowest BCUT2D eigenvalue weighted by Crippen LogP contribution is -2.29. The van der Waals surface area contributed by atoms with Crippen LogP contribution >= 0.6 is 7.82 Å². The molecule has 8 nitrogen and oxygen atoms in total. The number of phosphoric acid groups is 1. The van der Waals surface area contributed by atoms with Crippen LogP contribution in [-0.4, -0.2) is 41.0 Å². The molecular formula is C44H77O8P. The van der Waals surface area contributed by atoms with Crippen LogP contribution in [-0.2, 0) is 28.2 Å². The molecule has 0 aromatic heterocycles. The van der Waals surface area contributed by atoms with E-state index in [1.54, 1.807) is 0 Å². The van der Waals surface area contributed by atoms with Gasteiger partial charge >= 0.3 is 19.8 Å². The number of ether oxygens (including phenoxy) is 2. The molecule has 306 valence electrons. The lowest BCUT2D eigenvalue weighted by Gasteiger charge is -2.18. The molecule has 9 heteroatoms. The van der Waals surface area contributed by atoms with E-state index in [9.17, 15) is 14.2 Å². The SMILES string of the molecule is CCCCC/C=C/C/C=C/C/C=C/CCCCCCCCCCCC(=O)OCC(COP(=O)(O)O)OC(=O)CC/C=C/C/C=C/CCCCCCCC. The van der Waals surface area contributed by atoms with Crippen molar-refractivity contribution in [1.82, 2.24) is 0 Å². The number of phosphoric ester groups is 1. The van der Waals surface area contributed by atoms with Crippen molar-refractivity contribution >= 4 is 19.8 Å². The molecule has 0 saturated heterocycles. The number of esters is 2. The number of allylic oxidation sites excluding steroid dienone is 10. The molecule has 0 amide bonds. The first-order valence-electron chi connectivity index (χ1n) is 21.1. The summed E-state index contributed by atoms with van der Waals surface area (Å²) in [6.45, 7) is 3.59. The molecular weight excluding hydrogens is 687 g/mol. The molecule has 0 aromatic carbocycles. The molecule has 1 unspecified atom stereocenters. The third kappa shape index (κ3) is 42.4. The predicted octanol–water partition coefficient (Wildman–Crippen LogP) is 12.9. The van der Waals surface area contributed by atoms with Crippen molar-refractivity contribution in [2.24, 2.45) is 0 Å². The average Bonchev–Trinajstić information content (AvgIpc) is 3.13. The summed E-state index contributed by atoms with van der Waals surface area (Å²) in [5.41, 5.74) is 0. The highest BCUT2D eigenvalue weighted by Crippen LogP contribution is 2.36. The van der Waals surface area contributed by atoms with Gasteiger partial charge in [-0.15, -0.1) is 0 Å². The third-order valence-electron chi connectivity index (χ3n) is 8.77. The van der Waals surface area contributed by atoms with E-state index in [4.69, 9.17) is 19.3 Å². The maximum absolute atomic E-state index is 12.3. The van der Waals surface area contributed by atoms with Crippen LogP contribution in [0, 0.1) is 0 Å². The molecule has 0 spiro atoms. The van der Waals surface area contributed by atoms with Crippen LogP contribution in [0.1, 0.15) is 187 Å². The van der Waals surface area contributed by atoms with E-state index in [0.717, 1.165) is 51.4 Å². The third-order valence-corrected chi connectivity index (χ3v) is 9.26. The Morgan fingerprint density at radius 2 is 0.887 bits per heavy atom. The van der Waals surface area contributed by atoms with E-state index in [-0.39, 0.29) is 19.4 Å². The van der Waals surface area contributed by atoms with Crippen LogP contribution in [0.5, 0.6) is 0 Å². The summed E-state index contributed by atoms with van der Waals surface area (Å²) in [6, 6.07) is 0. The largest absolute Gasteiger partial charge is 0.469 e. The van der Waals surface area contributed by atoms with Crippen LogP contribution in [0.25, 0.3) is 0 Å². The van der Waals surface area contributed by atoms with Crippen LogP contribution in [0.15, 0.2) is 60.8 Å². The molecule has 0 heterocycles. The molecule has 0 radical (unpaired) electrons. The topological polar surface area (TPSA) is 119 Å². The molecule has 0 aliphatic rings. The van der Waals surface area contributed by atoms with Gasteiger partial charge in [0, 0.05) is 12.8 Å². The molecule has 53 heavy (non-hydrogen) atoms. The number of unbranched alkanes of at least 4 members (excludes halogenated alkanes) is 18. The predicted molar refractivity (Wildman–Crippen MR) is 221 cm³/mol. The van der Waals surface area contributed by atoms with Gasteiger partial charge in [-0.2, -0.15) is 0 Å². The van der Waals surface area contributed by atoms with Gasteiger partial charge in [-0.05, 0) is 70.6 Å². The van der Waals surface area contributed by atoms with Crippen molar-refractivity contribution in [2.75, 3.05) is 13.2 Å². The quantitative estimate of drug-likeness (QED) is 0.0276. The second-order valence-corrected chi connectivity index (χ2v) is 15.2. The van der Waals surface area contributed by atoms with E-state index in [2.05, 4.69) is 67.0 Å². The van der Waals surface area contributed by atoms with Crippen molar-refractivity contribution in [2.45, 2.75) is 193 Å². The zero-order valence-corrected chi connectivity index (χ0v) is 34.5. The van der Waals surface area contributed by atoms with Gasteiger partial charge in [-0.25, -0.2) is 4.57 Å². The second-order valence-electron chi connectivity index (χ2n) is 14.0. The van der Waals surface area contributed by atoms with Crippen LogP contribution in [0.2, 0.25) is 0 Å². The Morgan fingerprint density at radius 3 is 1.38 bits per heavy atom. The lowest BCUT2D eigenvalue weighted by atomic mass is 10.1. The maximum atomic E-state index is 12.3. The Kier molecular flexibility index (Phi) is 37.8. The zero-order chi connectivity index (χ0) is 38.9. The molecule has 0 saturated carbocycles. The smallest absolute Gasteiger partial charge is 0.462 e. The first-order chi connectivity index (χ1) is 25.8. The second kappa shape index (κ2) is 39.4. The van der Waals surface area contributed by atoms with Gasteiger partial charge in [0.25, 0.3) is 0 Å². The molecule has 0 aromatic rings. The minimum atomic E-state index is -4.77. The van der Waals surface area contributed by atoms with Crippen molar-refractivity contribution < 1.29 is 37.9 Å². The number of hydrogen-bond donors (Lipinski definition) is 2. The van der Waals surface area contributed by atoms with Gasteiger partial charge in [0.2, 0.25) is 0 Å². The minimum Gasteiger partial charge on any atom is -0.462 e. The van der Waals surface area contributed by atoms with E-state index in [0.29, 0.717) is 12.8 Å². The van der Waals surface area contributed by atoms with Gasteiger partial charge in [0.05, 0.1) is 6.61 Å². The van der Waals surface area contributed by atoms with Gasteiger partial charge in [0.1, 0.15) is 6.61 Å². The monoisotopic (exact) mass is 765 g/mol. The van der Waals surface area contributed by atoms with Crippen LogP contribution in [0.3, 0.4) is 0 Å². The number of carbonyl (C=O) groups is 2. The fourth-order valence-electron chi connectivity index (χ4n) is 5.61. The highest BCUT2D eigenvalue weighted by atomic mass is 31.2. The van der Waals surface area contributed by atoms with E-state index in [1.165, 1.54) is 96.3 Å². The highest BCUT2D eigenvalue weighted by Gasteiger charge is 2.22. The fourth-order valence-corrected chi connectivity index (χ4v) is 5.97. The van der Waals surface area contributed by atoms with E-state index in [1.807, 2.05) is 12.2 Å². The molecule has 0 aliphatic heterocycles. The minimum absolute atomic E-state index is 0.103. The van der Waals surface area contributed by atoms with E-state index >= 15 is 0 Å². The summed E-state index contributed by atoms with van der Waals surface area (Å²) in [7, 11) is -4.77. The molecule has 2 N–H and O–H groups in total. The first kappa shape index (κ1) is 50.8. The van der Waals surface area contributed by atoms with Crippen LogP contribution < -0.4 is 0 Å². The summed E-state index contributed by atoms with van der Waals surface area (Å²) in [5.74, 6) is -0.971. The normalized spacial score (nSPS) is 13.1. The first-order valence-corrected chi connectivity index (χ1v) is 22.6. The fraction of sp³-hybridized carbons (Fsp3) is 0.727. The van der Waals surface area contributed by atoms with Crippen molar-refractivity contribution in [3.8, 4) is 0 Å². The Hall–Kier alpha value is -2.25. The molecule has 0 rings (SSSR count). The van der Waals surface area contributed by atoms with Gasteiger partial charge in [-0.3, -0.25) is 14.1 Å². The zero-order valence-electron chi connectivity index (χ0n) is 33.6. The summed E-state index contributed by atoms with van der Waals surface area (Å²) in [6.07, 6.45) is 49.6. The Bertz CT molecular complexity index is 1040. The molecule has 1 atom stereocenters. The van der Waals surface area contributed by atoms with Crippen molar-refractivity contribution in [3.63, 3.8) is 0 Å². The number of rotatable bonds is 38.